The van der Waals surface area contributed by atoms with Gasteiger partial charge in [-0.25, -0.2) is 4.98 Å². The van der Waals surface area contributed by atoms with Crippen molar-refractivity contribution in [2.75, 3.05) is 0 Å². The van der Waals surface area contributed by atoms with Gasteiger partial charge in [0.1, 0.15) is 12.2 Å². The van der Waals surface area contributed by atoms with Gasteiger partial charge in [-0.3, -0.25) is 4.68 Å². The van der Waals surface area contributed by atoms with Crippen LogP contribution in [0.25, 0.3) is 0 Å². The van der Waals surface area contributed by atoms with Gasteiger partial charge in [0.2, 0.25) is 0 Å². The highest BCUT2D eigenvalue weighted by atomic mass is 16.3. The SMILES string of the molecule is CCCn1ncnc1CC(O)c1ccoc1. The van der Waals surface area contributed by atoms with Crippen LogP contribution in [0.15, 0.2) is 29.3 Å². The number of rotatable bonds is 5. The highest BCUT2D eigenvalue weighted by Gasteiger charge is 2.13. The minimum absolute atomic E-state index is 0.458. The number of aliphatic hydroxyl groups is 1. The zero-order valence-electron chi connectivity index (χ0n) is 9.21. The lowest BCUT2D eigenvalue weighted by Crippen LogP contribution is -2.09. The summed E-state index contributed by atoms with van der Waals surface area (Å²) in [4.78, 5) is 4.15. The fourth-order valence-corrected chi connectivity index (χ4v) is 1.60. The summed E-state index contributed by atoms with van der Waals surface area (Å²) in [5.74, 6) is 0.801. The third-order valence-corrected chi connectivity index (χ3v) is 2.44. The predicted octanol–water partition coefficient (Wildman–Crippen LogP) is 1.56. The highest BCUT2D eigenvalue weighted by Crippen LogP contribution is 2.17. The maximum Gasteiger partial charge on any atom is 0.138 e. The average molecular weight is 221 g/mol. The fraction of sp³-hybridized carbons (Fsp3) is 0.455. The maximum atomic E-state index is 9.93. The molecule has 86 valence electrons. The average Bonchev–Trinajstić information content (AvgIpc) is 2.90. The molecule has 0 radical (unpaired) electrons. The Labute approximate surface area is 93.7 Å². The van der Waals surface area contributed by atoms with Crippen molar-refractivity contribution in [3.8, 4) is 0 Å². The molecule has 0 saturated carbocycles. The summed E-state index contributed by atoms with van der Waals surface area (Å²) >= 11 is 0. The van der Waals surface area contributed by atoms with E-state index in [2.05, 4.69) is 17.0 Å². The first-order valence-electron chi connectivity index (χ1n) is 5.38. The molecule has 0 saturated heterocycles. The summed E-state index contributed by atoms with van der Waals surface area (Å²) in [5.41, 5.74) is 0.769. The van der Waals surface area contributed by atoms with Crippen molar-refractivity contribution in [3.63, 3.8) is 0 Å². The van der Waals surface area contributed by atoms with E-state index in [0.717, 1.165) is 24.4 Å². The quantitative estimate of drug-likeness (QED) is 0.832. The Kier molecular flexibility index (Phi) is 3.36. The number of aryl methyl sites for hydroxylation is 1. The molecule has 0 aliphatic rings. The van der Waals surface area contributed by atoms with Crippen LogP contribution in [0.3, 0.4) is 0 Å². The van der Waals surface area contributed by atoms with Crippen LogP contribution in [-0.2, 0) is 13.0 Å². The first kappa shape index (κ1) is 10.9. The number of nitrogens with zero attached hydrogens (tertiary/aromatic N) is 3. The predicted molar refractivity (Wildman–Crippen MR) is 57.7 cm³/mol. The van der Waals surface area contributed by atoms with E-state index in [1.54, 1.807) is 18.6 Å². The van der Waals surface area contributed by atoms with E-state index >= 15 is 0 Å². The molecule has 0 aliphatic heterocycles. The van der Waals surface area contributed by atoms with Gasteiger partial charge in [-0.05, 0) is 12.5 Å². The lowest BCUT2D eigenvalue weighted by Gasteiger charge is -2.08. The summed E-state index contributed by atoms with van der Waals surface area (Å²) in [6.45, 7) is 2.91. The molecule has 1 unspecified atom stereocenters. The minimum atomic E-state index is -0.585. The first-order valence-corrected chi connectivity index (χ1v) is 5.38. The van der Waals surface area contributed by atoms with Gasteiger partial charge < -0.3 is 9.52 Å². The van der Waals surface area contributed by atoms with Gasteiger partial charge in [0.05, 0.1) is 18.6 Å². The van der Waals surface area contributed by atoms with E-state index in [1.165, 1.54) is 6.33 Å². The molecule has 5 heteroatoms. The monoisotopic (exact) mass is 221 g/mol. The Morgan fingerprint density at radius 2 is 2.44 bits per heavy atom. The second-order valence-electron chi connectivity index (χ2n) is 3.68. The molecule has 0 amide bonds. The van der Waals surface area contributed by atoms with E-state index in [4.69, 9.17) is 4.42 Å². The van der Waals surface area contributed by atoms with Crippen LogP contribution in [0.5, 0.6) is 0 Å². The van der Waals surface area contributed by atoms with E-state index in [1.807, 2.05) is 4.68 Å². The van der Waals surface area contributed by atoms with E-state index in [-0.39, 0.29) is 0 Å². The lowest BCUT2D eigenvalue weighted by molar-refractivity contribution is 0.173. The second-order valence-corrected chi connectivity index (χ2v) is 3.68. The van der Waals surface area contributed by atoms with Crippen LogP contribution < -0.4 is 0 Å². The Morgan fingerprint density at radius 1 is 1.56 bits per heavy atom. The van der Waals surface area contributed by atoms with E-state index in [9.17, 15) is 5.11 Å². The van der Waals surface area contributed by atoms with Gasteiger partial charge >= 0.3 is 0 Å². The number of furan rings is 1. The molecule has 5 nitrogen and oxygen atoms in total. The zero-order chi connectivity index (χ0) is 11.4. The minimum Gasteiger partial charge on any atom is -0.472 e. The van der Waals surface area contributed by atoms with Crippen molar-refractivity contribution in [2.45, 2.75) is 32.4 Å². The van der Waals surface area contributed by atoms with Crippen LogP contribution in [0.4, 0.5) is 0 Å². The Balaban J connectivity index is 2.06. The first-order chi connectivity index (χ1) is 7.81. The van der Waals surface area contributed by atoms with Crippen molar-refractivity contribution in [2.24, 2.45) is 0 Å². The summed E-state index contributed by atoms with van der Waals surface area (Å²) in [5, 5.41) is 14.0. The maximum absolute atomic E-state index is 9.93. The highest BCUT2D eigenvalue weighted by molar-refractivity contribution is 5.11. The van der Waals surface area contributed by atoms with Gasteiger partial charge in [0.25, 0.3) is 0 Å². The standard InChI is InChI=1S/C11H15N3O2/c1-2-4-14-11(12-8-13-14)6-10(15)9-3-5-16-7-9/h3,5,7-8,10,15H,2,4,6H2,1H3. The van der Waals surface area contributed by atoms with Gasteiger partial charge in [0.15, 0.2) is 0 Å². The molecule has 0 spiro atoms. The number of hydrogen-bond donors (Lipinski definition) is 1. The van der Waals surface area contributed by atoms with Gasteiger partial charge in [-0.15, -0.1) is 0 Å². The Morgan fingerprint density at radius 3 is 3.12 bits per heavy atom. The van der Waals surface area contributed by atoms with Gasteiger partial charge in [-0.2, -0.15) is 5.10 Å². The third-order valence-electron chi connectivity index (χ3n) is 2.44. The lowest BCUT2D eigenvalue weighted by atomic mass is 10.1. The summed E-state index contributed by atoms with van der Waals surface area (Å²) < 4.78 is 6.75. The molecule has 0 aromatic carbocycles. The van der Waals surface area contributed by atoms with Crippen LogP contribution in [0, 0.1) is 0 Å². The summed E-state index contributed by atoms with van der Waals surface area (Å²) in [7, 11) is 0. The summed E-state index contributed by atoms with van der Waals surface area (Å²) in [6, 6.07) is 1.76. The number of aromatic nitrogens is 3. The smallest absolute Gasteiger partial charge is 0.138 e. The van der Waals surface area contributed by atoms with Gasteiger partial charge in [-0.1, -0.05) is 6.92 Å². The van der Waals surface area contributed by atoms with Crippen LogP contribution in [-0.4, -0.2) is 19.9 Å². The molecule has 2 rings (SSSR count). The molecule has 0 aliphatic carbocycles. The molecular weight excluding hydrogens is 206 g/mol. The fourth-order valence-electron chi connectivity index (χ4n) is 1.60. The van der Waals surface area contributed by atoms with Crippen LogP contribution >= 0.6 is 0 Å². The second kappa shape index (κ2) is 4.94. The molecule has 1 N–H and O–H groups in total. The van der Waals surface area contributed by atoms with Crippen LogP contribution in [0.1, 0.15) is 30.8 Å². The molecule has 0 bridgehead atoms. The van der Waals surface area contributed by atoms with Crippen molar-refractivity contribution < 1.29 is 9.52 Å². The van der Waals surface area contributed by atoms with Crippen LogP contribution in [0.2, 0.25) is 0 Å². The summed E-state index contributed by atoms with van der Waals surface area (Å²) in [6.07, 6.45) is 5.49. The largest absolute Gasteiger partial charge is 0.472 e. The van der Waals surface area contributed by atoms with Crippen molar-refractivity contribution in [3.05, 3.63) is 36.3 Å². The molecule has 0 fully saturated rings. The zero-order valence-corrected chi connectivity index (χ0v) is 9.21. The Bertz CT molecular complexity index is 422. The molecule has 2 aromatic rings. The van der Waals surface area contributed by atoms with Gasteiger partial charge in [0, 0.05) is 18.5 Å². The van der Waals surface area contributed by atoms with Crippen molar-refractivity contribution in [1.29, 1.82) is 0 Å². The molecule has 16 heavy (non-hydrogen) atoms. The van der Waals surface area contributed by atoms with E-state index in [0.29, 0.717) is 6.42 Å². The molecule has 1 atom stereocenters. The third kappa shape index (κ3) is 2.30. The van der Waals surface area contributed by atoms with Crippen molar-refractivity contribution in [1.82, 2.24) is 14.8 Å². The topological polar surface area (TPSA) is 64.1 Å². The molecule has 2 heterocycles. The molecular formula is C11H15N3O2. The number of hydrogen-bond acceptors (Lipinski definition) is 4. The van der Waals surface area contributed by atoms with Crippen molar-refractivity contribution >= 4 is 0 Å². The number of aliphatic hydroxyl groups excluding tert-OH is 1. The normalized spacial score (nSPS) is 12.9. The Hall–Kier alpha value is -1.62. The molecule has 2 aromatic heterocycles. The van der Waals surface area contributed by atoms with E-state index < -0.39 is 6.10 Å².